The summed E-state index contributed by atoms with van der Waals surface area (Å²) in [6.45, 7) is 12.7. The highest BCUT2D eigenvalue weighted by Gasteiger charge is 2.24. The van der Waals surface area contributed by atoms with Crippen molar-refractivity contribution in [2.45, 2.75) is 51.9 Å². The van der Waals surface area contributed by atoms with Gasteiger partial charge in [0.2, 0.25) is 5.89 Å². The normalized spacial score (nSPS) is 20.6. The average molecular weight is 395 g/mol. The second-order valence-corrected chi connectivity index (χ2v) is 8.78. The summed E-state index contributed by atoms with van der Waals surface area (Å²) in [6.07, 6.45) is 3.14. The molecular weight excluding hydrogens is 360 g/mol. The Balaban J connectivity index is 1.39. The van der Waals surface area contributed by atoms with E-state index in [0.717, 1.165) is 52.1 Å². The molecule has 3 heterocycles. The topological polar surface area (TPSA) is 82.3 Å². The smallest absolute Gasteiger partial charge is 0.275 e. The van der Waals surface area contributed by atoms with Crippen LogP contribution >= 0.6 is 0 Å². The Bertz CT molecular complexity index is 628. The molecule has 0 saturated carbocycles. The second kappa shape index (κ2) is 9.35. The Hall–Kier alpha value is -1.48. The van der Waals surface area contributed by atoms with Crippen molar-refractivity contribution in [2.75, 3.05) is 52.4 Å². The van der Waals surface area contributed by atoms with E-state index in [-0.39, 0.29) is 11.5 Å². The van der Waals surface area contributed by atoms with Gasteiger partial charge in [-0.1, -0.05) is 0 Å². The van der Waals surface area contributed by atoms with E-state index in [0.29, 0.717) is 31.3 Å². The molecule has 8 nitrogen and oxygen atoms in total. The zero-order valence-electron chi connectivity index (χ0n) is 17.4. The van der Waals surface area contributed by atoms with Gasteiger partial charge in [0.05, 0.1) is 24.9 Å². The molecule has 1 aromatic rings. The van der Waals surface area contributed by atoms with Gasteiger partial charge in [0.15, 0.2) is 5.69 Å². The lowest BCUT2D eigenvalue weighted by Gasteiger charge is -2.35. The number of hydrogen-bond donors (Lipinski definition) is 1. The minimum atomic E-state index is -0.475. The number of piperazine rings is 1. The molecule has 0 radical (unpaired) electrons. The maximum atomic E-state index is 12.4. The first-order chi connectivity index (χ1) is 13.3. The number of aliphatic hydroxyl groups is 1. The second-order valence-electron chi connectivity index (χ2n) is 8.78. The lowest BCUT2D eigenvalue weighted by atomic mass is 10.2. The van der Waals surface area contributed by atoms with Crippen molar-refractivity contribution < 1.29 is 19.1 Å². The van der Waals surface area contributed by atoms with Gasteiger partial charge in [-0.05, 0) is 33.6 Å². The number of β-amino-alcohol motifs (C(OH)–C–C–N with tert-alkyl or cyclic N) is 1. The molecule has 3 rings (SSSR count). The molecule has 0 bridgehead atoms. The molecule has 0 aromatic carbocycles. The van der Waals surface area contributed by atoms with Crippen LogP contribution in [0.25, 0.3) is 0 Å². The van der Waals surface area contributed by atoms with Crippen LogP contribution in [0.4, 0.5) is 0 Å². The summed E-state index contributed by atoms with van der Waals surface area (Å²) in [7, 11) is 0. The number of aliphatic hydroxyl groups excluding tert-OH is 1. The van der Waals surface area contributed by atoms with Crippen molar-refractivity contribution in [2.24, 2.45) is 0 Å². The van der Waals surface area contributed by atoms with Gasteiger partial charge in [-0.15, -0.1) is 0 Å². The number of amides is 1. The van der Waals surface area contributed by atoms with Gasteiger partial charge >= 0.3 is 0 Å². The summed E-state index contributed by atoms with van der Waals surface area (Å²) >= 11 is 0. The monoisotopic (exact) mass is 394 g/mol. The molecule has 0 spiro atoms. The fourth-order valence-corrected chi connectivity index (χ4v) is 3.58. The molecule has 2 aliphatic heterocycles. The van der Waals surface area contributed by atoms with E-state index in [1.807, 2.05) is 25.7 Å². The number of aromatic nitrogens is 1. The van der Waals surface area contributed by atoms with Crippen molar-refractivity contribution in [3.63, 3.8) is 0 Å². The molecule has 28 heavy (non-hydrogen) atoms. The summed E-state index contributed by atoms with van der Waals surface area (Å²) < 4.78 is 11.2. The number of nitrogens with zero attached hydrogens (tertiary/aromatic N) is 4. The van der Waals surface area contributed by atoms with E-state index < -0.39 is 6.10 Å². The first-order valence-electron chi connectivity index (χ1n) is 10.3. The van der Waals surface area contributed by atoms with E-state index in [1.165, 1.54) is 6.26 Å². The summed E-state index contributed by atoms with van der Waals surface area (Å²) in [5, 5.41) is 10.2. The third-order valence-electron chi connectivity index (χ3n) is 5.17. The quantitative estimate of drug-likeness (QED) is 0.744. The number of ether oxygens (including phenoxy) is 1. The van der Waals surface area contributed by atoms with Crippen LogP contribution < -0.4 is 0 Å². The first kappa shape index (κ1) is 21.2. The molecule has 1 atom stereocenters. The van der Waals surface area contributed by atoms with Crippen LogP contribution in [0, 0.1) is 0 Å². The zero-order valence-corrected chi connectivity index (χ0v) is 17.4. The Morgan fingerprint density at radius 2 is 1.82 bits per heavy atom. The molecule has 1 N–H and O–H groups in total. The number of hydrogen-bond acceptors (Lipinski definition) is 7. The van der Waals surface area contributed by atoms with Crippen LogP contribution in [-0.2, 0) is 11.3 Å². The number of rotatable bonds is 7. The molecule has 2 fully saturated rings. The number of likely N-dealkylation sites (tertiary alicyclic amines) is 1. The average Bonchev–Trinajstić information content (AvgIpc) is 3.32. The van der Waals surface area contributed by atoms with E-state index in [2.05, 4.69) is 14.8 Å². The van der Waals surface area contributed by atoms with Crippen LogP contribution in [0.5, 0.6) is 0 Å². The van der Waals surface area contributed by atoms with Crippen molar-refractivity contribution >= 4 is 5.91 Å². The molecule has 1 aromatic heterocycles. The van der Waals surface area contributed by atoms with Gasteiger partial charge in [-0.3, -0.25) is 14.6 Å². The van der Waals surface area contributed by atoms with Crippen molar-refractivity contribution in [1.82, 2.24) is 19.7 Å². The minimum absolute atomic E-state index is 0.0243. The van der Waals surface area contributed by atoms with Crippen LogP contribution in [0.3, 0.4) is 0 Å². The van der Waals surface area contributed by atoms with Gasteiger partial charge in [-0.25, -0.2) is 4.98 Å². The fraction of sp³-hybridized carbons (Fsp3) is 0.800. The lowest BCUT2D eigenvalue weighted by molar-refractivity contribution is -0.0588. The van der Waals surface area contributed by atoms with Crippen molar-refractivity contribution in [3.8, 4) is 0 Å². The zero-order chi connectivity index (χ0) is 20.1. The third-order valence-corrected chi connectivity index (χ3v) is 5.17. The van der Waals surface area contributed by atoms with Crippen molar-refractivity contribution in [3.05, 3.63) is 17.8 Å². The molecule has 8 heteroatoms. The maximum Gasteiger partial charge on any atom is 0.275 e. The Morgan fingerprint density at radius 3 is 2.46 bits per heavy atom. The lowest BCUT2D eigenvalue weighted by Crippen LogP contribution is -2.49. The molecule has 2 saturated heterocycles. The SMILES string of the molecule is CC(C)(C)OCC(O)CN1CCN(Cc2nc(C(=O)N3CCCC3)co2)CC1. The Labute approximate surface area is 167 Å². The predicted octanol–water partition coefficient (Wildman–Crippen LogP) is 1.20. The molecule has 0 aliphatic carbocycles. The van der Waals surface area contributed by atoms with Crippen LogP contribution in [0.1, 0.15) is 50.0 Å². The number of oxazole rings is 1. The first-order valence-corrected chi connectivity index (χ1v) is 10.3. The van der Waals surface area contributed by atoms with E-state index in [9.17, 15) is 9.90 Å². The molecule has 1 amide bonds. The van der Waals surface area contributed by atoms with E-state index in [1.54, 1.807) is 0 Å². The largest absolute Gasteiger partial charge is 0.447 e. The summed E-state index contributed by atoms with van der Waals surface area (Å²) in [5.74, 6) is 0.568. The van der Waals surface area contributed by atoms with Crippen LogP contribution in [0.15, 0.2) is 10.7 Å². The fourth-order valence-electron chi connectivity index (χ4n) is 3.58. The highest BCUT2D eigenvalue weighted by Crippen LogP contribution is 2.15. The van der Waals surface area contributed by atoms with Gasteiger partial charge in [0, 0.05) is 45.8 Å². The minimum Gasteiger partial charge on any atom is -0.447 e. The molecule has 1 unspecified atom stereocenters. The third kappa shape index (κ3) is 6.27. The summed E-state index contributed by atoms with van der Waals surface area (Å²) in [4.78, 5) is 23.1. The Kier molecular flexibility index (Phi) is 7.09. The van der Waals surface area contributed by atoms with Crippen LogP contribution in [0.2, 0.25) is 0 Å². The predicted molar refractivity (Wildman–Crippen MR) is 105 cm³/mol. The summed E-state index contributed by atoms with van der Waals surface area (Å²) in [6, 6.07) is 0. The van der Waals surface area contributed by atoms with Crippen LogP contribution in [-0.4, -0.2) is 94.8 Å². The number of carbonyl (C=O) groups excluding carboxylic acids is 1. The van der Waals surface area contributed by atoms with E-state index >= 15 is 0 Å². The highest BCUT2D eigenvalue weighted by atomic mass is 16.5. The maximum absolute atomic E-state index is 12.4. The molecular formula is C20H34N4O4. The Morgan fingerprint density at radius 1 is 1.18 bits per heavy atom. The summed E-state index contributed by atoms with van der Waals surface area (Å²) in [5.41, 5.74) is 0.183. The highest BCUT2D eigenvalue weighted by molar-refractivity contribution is 5.92. The van der Waals surface area contributed by atoms with Crippen molar-refractivity contribution in [1.29, 1.82) is 0 Å². The van der Waals surface area contributed by atoms with Gasteiger partial charge < -0.3 is 19.2 Å². The van der Waals surface area contributed by atoms with Gasteiger partial charge in [-0.2, -0.15) is 0 Å². The number of carbonyl (C=O) groups is 1. The van der Waals surface area contributed by atoms with E-state index in [4.69, 9.17) is 9.15 Å². The van der Waals surface area contributed by atoms with Gasteiger partial charge in [0.25, 0.3) is 5.91 Å². The molecule has 2 aliphatic rings. The standard InChI is InChI=1S/C20H34N4O4/c1-20(2,3)28-14-16(25)12-22-8-10-23(11-9-22)13-18-21-17(15-27-18)19(26)24-6-4-5-7-24/h15-16,25H,4-14H2,1-3H3. The van der Waals surface area contributed by atoms with Gasteiger partial charge in [0.1, 0.15) is 6.26 Å². The molecule has 158 valence electrons.